The summed E-state index contributed by atoms with van der Waals surface area (Å²) < 4.78 is 14.6. The topological polar surface area (TPSA) is 41.4 Å². The van der Waals surface area contributed by atoms with Gasteiger partial charge < -0.3 is 9.80 Å². The van der Waals surface area contributed by atoms with Crippen molar-refractivity contribution in [1.82, 2.24) is 14.7 Å². The van der Waals surface area contributed by atoms with E-state index in [0.717, 1.165) is 18.8 Å². The van der Waals surface area contributed by atoms with Gasteiger partial charge in [0.2, 0.25) is 5.91 Å². The molecule has 1 aliphatic heterocycles. The Hall–Kier alpha value is -2.37. The first-order valence-electron chi connectivity index (χ1n) is 7.43. The first kappa shape index (κ1) is 14.6. The molecular weight excluding hydrogens is 283 g/mol. The van der Waals surface area contributed by atoms with Crippen LogP contribution in [0.4, 0.5) is 10.1 Å². The zero-order valence-electron chi connectivity index (χ0n) is 12.5. The van der Waals surface area contributed by atoms with Crippen LogP contribution < -0.4 is 4.90 Å². The van der Waals surface area contributed by atoms with Gasteiger partial charge in [0.15, 0.2) is 0 Å². The lowest BCUT2D eigenvalue weighted by Crippen LogP contribution is -2.50. The first-order chi connectivity index (χ1) is 10.6. The van der Waals surface area contributed by atoms with Gasteiger partial charge in [-0.25, -0.2) is 4.39 Å². The fourth-order valence-corrected chi connectivity index (χ4v) is 2.72. The van der Waals surface area contributed by atoms with Gasteiger partial charge in [-0.05, 0) is 37.3 Å². The number of aromatic nitrogens is 2. The molecule has 1 aliphatic rings. The van der Waals surface area contributed by atoms with Crippen LogP contribution >= 0.6 is 0 Å². The number of nitrogens with zero attached hydrogens (tertiary/aromatic N) is 4. The highest BCUT2D eigenvalue weighted by Gasteiger charge is 2.26. The van der Waals surface area contributed by atoms with E-state index in [1.807, 2.05) is 17.9 Å². The molecule has 1 atom stereocenters. The van der Waals surface area contributed by atoms with Crippen molar-refractivity contribution in [2.24, 2.45) is 0 Å². The number of hydrogen-bond donors (Lipinski definition) is 0. The molecule has 0 aliphatic carbocycles. The van der Waals surface area contributed by atoms with Crippen LogP contribution in [0, 0.1) is 5.82 Å². The van der Waals surface area contributed by atoms with Crippen molar-refractivity contribution in [3.63, 3.8) is 0 Å². The van der Waals surface area contributed by atoms with Crippen molar-refractivity contribution in [3.8, 4) is 0 Å². The van der Waals surface area contributed by atoms with Crippen molar-refractivity contribution in [2.45, 2.75) is 13.0 Å². The highest BCUT2D eigenvalue weighted by atomic mass is 19.1. The van der Waals surface area contributed by atoms with Gasteiger partial charge in [0.1, 0.15) is 11.9 Å². The molecule has 22 heavy (non-hydrogen) atoms. The van der Waals surface area contributed by atoms with E-state index in [-0.39, 0.29) is 17.8 Å². The van der Waals surface area contributed by atoms with Gasteiger partial charge in [0.05, 0.1) is 0 Å². The molecule has 0 saturated carbocycles. The number of carbonyl (C=O) groups is 1. The molecule has 1 saturated heterocycles. The number of rotatable bonds is 3. The van der Waals surface area contributed by atoms with E-state index in [1.54, 1.807) is 29.2 Å². The molecule has 0 radical (unpaired) electrons. The third-order valence-corrected chi connectivity index (χ3v) is 4.06. The number of amides is 1. The fourth-order valence-electron chi connectivity index (χ4n) is 2.72. The summed E-state index contributed by atoms with van der Waals surface area (Å²) in [7, 11) is 0. The molecule has 0 spiro atoms. The summed E-state index contributed by atoms with van der Waals surface area (Å²) in [5.41, 5.74) is 0.994. The normalized spacial score (nSPS) is 16.6. The SMILES string of the molecule is C[C@H](C(=O)N1CCN(c2ccc(F)cc2)CC1)n1cccn1. The van der Waals surface area contributed by atoms with Gasteiger partial charge in [-0.1, -0.05) is 0 Å². The van der Waals surface area contributed by atoms with Crippen molar-refractivity contribution >= 4 is 11.6 Å². The Kier molecular flexibility index (Phi) is 4.09. The highest BCUT2D eigenvalue weighted by Crippen LogP contribution is 2.18. The third kappa shape index (κ3) is 2.95. The van der Waals surface area contributed by atoms with Crippen molar-refractivity contribution in [1.29, 1.82) is 0 Å². The molecule has 116 valence electrons. The average Bonchev–Trinajstić information content (AvgIpc) is 3.09. The van der Waals surface area contributed by atoms with Crippen LogP contribution in [-0.4, -0.2) is 46.8 Å². The predicted octanol–water partition coefficient (Wildman–Crippen LogP) is 1.93. The minimum atomic E-state index is -0.285. The summed E-state index contributed by atoms with van der Waals surface area (Å²) in [5.74, 6) is -0.145. The Morgan fingerprint density at radius 2 is 1.86 bits per heavy atom. The zero-order valence-corrected chi connectivity index (χ0v) is 12.5. The van der Waals surface area contributed by atoms with Crippen LogP contribution in [-0.2, 0) is 4.79 Å². The largest absolute Gasteiger partial charge is 0.368 e. The van der Waals surface area contributed by atoms with Gasteiger partial charge >= 0.3 is 0 Å². The number of piperazine rings is 1. The van der Waals surface area contributed by atoms with Crippen molar-refractivity contribution in [3.05, 3.63) is 48.5 Å². The number of halogens is 1. The molecule has 1 aromatic heterocycles. The van der Waals surface area contributed by atoms with Crippen LogP contribution in [0.3, 0.4) is 0 Å². The number of benzene rings is 1. The fraction of sp³-hybridized carbons (Fsp3) is 0.375. The second-order valence-corrected chi connectivity index (χ2v) is 5.45. The first-order valence-corrected chi connectivity index (χ1v) is 7.43. The summed E-state index contributed by atoms with van der Waals surface area (Å²) in [6, 6.07) is 8.01. The van der Waals surface area contributed by atoms with E-state index < -0.39 is 0 Å². The number of carbonyl (C=O) groups excluding carboxylic acids is 1. The lowest BCUT2D eigenvalue weighted by Gasteiger charge is -2.37. The standard InChI is InChI=1S/C16H19FN4O/c1-13(21-8-2-7-18-21)16(22)20-11-9-19(10-12-20)15-5-3-14(17)4-6-15/h2-8,13H,9-12H2,1H3/t13-/m1/s1. The van der Waals surface area contributed by atoms with Crippen LogP contribution in [0.15, 0.2) is 42.7 Å². The molecule has 0 N–H and O–H groups in total. The van der Waals surface area contributed by atoms with Gasteiger partial charge in [0, 0.05) is 44.3 Å². The average molecular weight is 302 g/mol. The Morgan fingerprint density at radius 3 is 2.45 bits per heavy atom. The minimum absolute atomic E-state index is 0.0856. The van der Waals surface area contributed by atoms with Gasteiger partial charge in [-0.15, -0.1) is 0 Å². The van der Waals surface area contributed by atoms with Crippen LogP contribution in [0.1, 0.15) is 13.0 Å². The van der Waals surface area contributed by atoms with E-state index in [0.29, 0.717) is 13.1 Å². The molecule has 1 fully saturated rings. The second kappa shape index (κ2) is 6.17. The number of anilines is 1. The molecule has 2 heterocycles. The maximum atomic E-state index is 13.0. The molecule has 0 bridgehead atoms. The van der Waals surface area contributed by atoms with Crippen LogP contribution in [0.25, 0.3) is 0 Å². The van der Waals surface area contributed by atoms with Gasteiger partial charge in [-0.3, -0.25) is 9.48 Å². The Bertz CT molecular complexity index is 618. The van der Waals surface area contributed by atoms with Gasteiger partial charge in [0.25, 0.3) is 0 Å². The minimum Gasteiger partial charge on any atom is -0.368 e. The lowest BCUT2D eigenvalue weighted by molar-refractivity contribution is -0.134. The van der Waals surface area contributed by atoms with E-state index in [2.05, 4.69) is 10.00 Å². The third-order valence-electron chi connectivity index (χ3n) is 4.06. The zero-order chi connectivity index (χ0) is 15.5. The molecule has 1 aromatic carbocycles. The lowest BCUT2D eigenvalue weighted by atomic mass is 10.2. The smallest absolute Gasteiger partial charge is 0.247 e. The predicted molar refractivity (Wildman–Crippen MR) is 82.1 cm³/mol. The quantitative estimate of drug-likeness (QED) is 0.870. The molecule has 2 aromatic rings. The van der Waals surface area contributed by atoms with Crippen molar-refractivity contribution in [2.75, 3.05) is 31.1 Å². The highest BCUT2D eigenvalue weighted by molar-refractivity contribution is 5.80. The summed E-state index contributed by atoms with van der Waals surface area (Å²) in [6.07, 6.45) is 3.48. The van der Waals surface area contributed by atoms with E-state index >= 15 is 0 Å². The van der Waals surface area contributed by atoms with E-state index in [1.165, 1.54) is 12.1 Å². The Morgan fingerprint density at radius 1 is 1.18 bits per heavy atom. The monoisotopic (exact) mass is 302 g/mol. The molecule has 6 heteroatoms. The summed E-state index contributed by atoms with van der Waals surface area (Å²) in [5, 5.41) is 4.13. The molecule has 1 amide bonds. The maximum absolute atomic E-state index is 13.0. The molecule has 0 unspecified atom stereocenters. The molecular formula is C16H19FN4O. The summed E-state index contributed by atoms with van der Waals surface area (Å²) in [4.78, 5) is 16.5. The summed E-state index contributed by atoms with van der Waals surface area (Å²) in [6.45, 7) is 4.71. The number of hydrogen-bond acceptors (Lipinski definition) is 3. The second-order valence-electron chi connectivity index (χ2n) is 5.45. The van der Waals surface area contributed by atoms with E-state index in [4.69, 9.17) is 0 Å². The van der Waals surface area contributed by atoms with Crippen LogP contribution in [0.5, 0.6) is 0 Å². The van der Waals surface area contributed by atoms with E-state index in [9.17, 15) is 9.18 Å². The summed E-state index contributed by atoms with van der Waals surface area (Å²) >= 11 is 0. The Balaban J connectivity index is 1.59. The maximum Gasteiger partial charge on any atom is 0.247 e. The Labute approximate surface area is 128 Å². The van der Waals surface area contributed by atoms with Crippen LogP contribution in [0.2, 0.25) is 0 Å². The van der Waals surface area contributed by atoms with Crippen molar-refractivity contribution < 1.29 is 9.18 Å². The van der Waals surface area contributed by atoms with Gasteiger partial charge in [-0.2, -0.15) is 5.10 Å². The molecule has 3 rings (SSSR count). The molecule has 5 nitrogen and oxygen atoms in total.